The SMILES string of the molecule is CCC(C)(C)C(=O)N1CCN(C(C)(C)CN)CC1. The van der Waals surface area contributed by atoms with Crippen LogP contribution in [-0.4, -0.2) is 54.0 Å². The summed E-state index contributed by atoms with van der Waals surface area (Å²) in [7, 11) is 0. The van der Waals surface area contributed by atoms with E-state index in [1.165, 1.54) is 0 Å². The Morgan fingerprint density at radius 1 is 1.11 bits per heavy atom. The van der Waals surface area contributed by atoms with Gasteiger partial charge in [-0.2, -0.15) is 0 Å². The van der Waals surface area contributed by atoms with Gasteiger partial charge in [0, 0.05) is 43.7 Å². The van der Waals surface area contributed by atoms with Crippen LogP contribution in [0.4, 0.5) is 0 Å². The Bertz CT molecular complexity index is 291. The molecule has 1 rings (SSSR count). The molecule has 1 fully saturated rings. The molecule has 1 saturated heterocycles. The van der Waals surface area contributed by atoms with E-state index in [9.17, 15) is 4.79 Å². The van der Waals surface area contributed by atoms with E-state index in [0.29, 0.717) is 6.54 Å². The molecule has 18 heavy (non-hydrogen) atoms. The number of nitrogens with zero attached hydrogens (tertiary/aromatic N) is 2. The highest BCUT2D eigenvalue weighted by atomic mass is 16.2. The van der Waals surface area contributed by atoms with Crippen molar-refractivity contribution in [3.63, 3.8) is 0 Å². The highest BCUT2D eigenvalue weighted by molar-refractivity contribution is 5.82. The Kier molecular flexibility index (Phi) is 4.78. The Morgan fingerprint density at radius 2 is 1.61 bits per heavy atom. The fourth-order valence-electron chi connectivity index (χ4n) is 2.22. The highest BCUT2D eigenvalue weighted by Crippen LogP contribution is 2.24. The average molecular weight is 255 g/mol. The van der Waals surface area contributed by atoms with E-state index >= 15 is 0 Å². The van der Waals surface area contributed by atoms with Gasteiger partial charge in [-0.15, -0.1) is 0 Å². The number of hydrogen-bond donors (Lipinski definition) is 1. The van der Waals surface area contributed by atoms with Crippen LogP contribution >= 0.6 is 0 Å². The molecule has 0 aromatic heterocycles. The van der Waals surface area contributed by atoms with Gasteiger partial charge in [0.25, 0.3) is 0 Å². The van der Waals surface area contributed by atoms with Crippen molar-refractivity contribution in [3.05, 3.63) is 0 Å². The van der Waals surface area contributed by atoms with E-state index in [0.717, 1.165) is 32.6 Å². The fraction of sp³-hybridized carbons (Fsp3) is 0.929. The predicted octanol–water partition coefficient (Wildman–Crippen LogP) is 1.30. The maximum atomic E-state index is 12.4. The normalized spacial score (nSPS) is 19.1. The summed E-state index contributed by atoms with van der Waals surface area (Å²) in [6.07, 6.45) is 0.889. The molecule has 0 unspecified atom stereocenters. The quantitative estimate of drug-likeness (QED) is 0.824. The van der Waals surface area contributed by atoms with Crippen molar-refractivity contribution in [2.45, 2.75) is 46.6 Å². The molecular formula is C14H29N3O. The molecule has 0 aromatic carbocycles. The van der Waals surface area contributed by atoms with E-state index in [4.69, 9.17) is 5.73 Å². The minimum atomic E-state index is -0.231. The smallest absolute Gasteiger partial charge is 0.228 e. The lowest BCUT2D eigenvalue weighted by atomic mass is 9.88. The van der Waals surface area contributed by atoms with Gasteiger partial charge < -0.3 is 10.6 Å². The molecular weight excluding hydrogens is 226 g/mol. The van der Waals surface area contributed by atoms with Crippen molar-refractivity contribution in [1.82, 2.24) is 9.80 Å². The van der Waals surface area contributed by atoms with Crippen molar-refractivity contribution in [2.24, 2.45) is 11.1 Å². The molecule has 4 heteroatoms. The maximum absolute atomic E-state index is 12.4. The summed E-state index contributed by atoms with van der Waals surface area (Å²) in [6, 6.07) is 0. The summed E-state index contributed by atoms with van der Waals surface area (Å²) in [6.45, 7) is 14.6. The van der Waals surface area contributed by atoms with E-state index in [2.05, 4.69) is 25.7 Å². The van der Waals surface area contributed by atoms with Gasteiger partial charge in [-0.25, -0.2) is 0 Å². The summed E-state index contributed by atoms with van der Waals surface area (Å²) in [5.74, 6) is 0.287. The van der Waals surface area contributed by atoms with E-state index < -0.39 is 0 Å². The standard InChI is InChI=1S/C14H29N3O/c1-6-13(2,3)12(18)16-7-9-17(10-8-16)14(4,5)11-15/h6-11,15H2,1-5H3. The number of piperazine rings is 1. The van der Waals surface area contributed by atoms with Crippen LogP contribution in [0.1, 0.15) is 41.0 Å². The van der Waals surface area contributed by atoms with Gasteiger partial charge >= 0.3 is 0 Å². The third-order valence-corrected chi connectivity index (χ3v) is 4.39. The van der Waals surface area contributed by atoms with Crippen LogP contribution in [0.3, 0.4) is 0 Å². The van der Waals surface area contributed by atoms with E-state index in [1.807, 2.05) is 18.7 Å². The molecule has 1 aliphatic heterocycles. The first kappa shape index (κ1) is 15.4. The third-order valence-electron chi connectivity index (χ3n) is 4.39. The zero-order valence-electron chi connectivity index (χ0n) is 12.6. The Balaban J connectivity index is 2.57. The fourth-order valence-corrected chi connectivity index (χ4v) is 2.22. The van der Waals surface area contributed by atoms with Crippen LogP contribution in [0.15, 0.2) is 0 Å². The van der Waals surface area contributed by atoms with Crippen LogP contribution in [0.2, 0.25) is 0 Å². The number of hydrogen-bond acceptors (Lipinski definition) is 3. The first-order chi connectivity index (χ1) is 8.24. The molecule has 1 aliphatic rings. The summed E-state index contributed by atoms with van der Waals surface area (Å²) in [5, 5.41) is 0. The van der Waals surface area contributed by atoms with Crippen molar-refractivity contribution < 1.29 is 4.79 Å². The number of rotatable bonds is 4. The zero-order chi connectivity index (χ0) is 14.0. The Hall–Kier alpha value is -0.610. The molecule has 0 aliphatic carbocycles. The Labute approximate surface area is 111 Å². The summed E-state index contributed by atoms with van der Waals surface area (Å²) < 4.78 is 0. The molecule has 4 nitrogen and oxygen atoms in total. The van der Waals surface area contributed by atoms with Crippen molar-refractivity contribution in [1.29, 1.82) is 0 Å². The number of carbonyl (C=O) groups is 1. The second-order valence-corrected chi connectivity index (χ2v) is 6.53. The number of amides is 1. The number of carbonyl (C=O) groups excluding carboxylic acids is 1. The van der Waals surface area contributed by atoms with Crippen LogP contribution in [0.5, 0.6) is 0 Å². The molecule has 0 bridgehead atoms. The molecule has 1 amide bonds. The van der Waals surface area contributed by atoms with E-state index in [1.54, 1.807) is 0 Å². The molecule has 106 valence electrons. The molecule has 1 heterocycles. The summed E-state index contributed by atoms with van der Waals surface area (Å²) >= 11 is 0. The summed E-state index contributed by atoms with van der Waals surface area (Å²) in [5.41, 5.74) is 5.61. The van der Waals surface area contributed by atoms with Crippen molar-refractivity contribution in [2.75, 3.05) is 32.7 Å². The van der Waals surface area contributed by atoms with Gasteiger partial charge in [-0.3, -0.25) is 9.69 Å². The van der Waals surface area contributed by atoms with Gasteiger partial charge in [0.05, 0.1) is 0 Å². The van der Waals surface area contributed by atoms with Crippen LogP contribution in [0, 0.1) is 5.41 Å². The van der Waals surface area contributed by atoms with Crippen molar-refractivity contribution >= 4 is 5.91 Å². The second kappa shape index (κ2) is 5.57. The minimum Gasteiger partial charge on any atom is -0.340 e. The molecule has 2 N–H and O–H groups in total. The lowest BCUT2D eigenvalue weighted by Gasteiger charge is -2.44. The largest absolute Gasteiger partial charge is 0.340 e. The molecule has 0 aromatic rings. The van der Waals surface area contributed by atoms with Crippen molar-refractivity contribution in [3.8, 4) is 0 Å². The van der Waals surface area contributed by atoms with Crippen LogP contribution in [0.25, 0.3) is 0 Å². The van der Waals surface area contributed by atoms with Gasteiger partial charge in [-0.05, 0) is 20.3 Å². The topological polar surface area (TPSA) is 49.6 Å². The minimum absolute atomic E-state index is 0.0371. The monoisotopic (exact) mass is 255 g/mol. The molecule has 0 atom stereocenters. The molecule has 0 spiro atoms. The average Bonchev–Trinajstić information content (AvgIpc) is 2.38. The van der Waals surface area contributed by atoms with Gasteiger partial charge in [0.1, 0.15) is 0 Å². The lowest BCUT2D eigenvalue weighted by Crippen LogP contribution is -2.59. The third kappa shape index (κ3) is 3.23. The van der Waals surface area contributed by atoms with Gasteiger partial charge in [0.15, 0.2) is 0 Å². The number of nitrogens with two attached hydrogens (primary N) is 1. The van der Waals surface area contributed by atoms with Crippen LogP contribution in [-0.2, 0) is 4.79 Å². The lowest BCUT2D eigenvalue weighted by molar-refractivity contribution is -0.143. The molecule has 0 radical (unpaired) electrons. The first-order valence-corrected chi connectivity index (χ1v) is 6.99. The second-order valence-electron chi connectivity index (χ2n) is 6.53. The first-order valence-electron chi connectivity index (χ1n) is 6.99. The molecule has 0 saturated carbocycles. The van der Waals surface area contributed by atoms with Gasteiger partial charge in [-0.1, -0.05) is 20.8 Å². The van der Waals surface area contributed by atoms with Crippen LogP contribution < -0.4 is 5.73 Å². The summed E-state index contributed by atoms with van der Waals surface area (Å²) in [4.78, 5) is 16.8. The van der Waals surface area contributed by atoms with Gasteiger partial charge in [0.2, 0.25) is 5.91 Å². The zero-order valence-corrected chi connectivity index (χ0v) is 12.6. The Morgan fingerprint density at radius 3 is 2.00 bits per heavy atom. The van der Waals surface area contributed by atoms with E-state index in [-0.39, 0.29) is 16.9 Å². The maximum Gasteiger partial charge on any atom is 0.228 e. The predicted molar refractivity (Wildman–Crippen MR) is 75.4 cm³/mol. The highest BCUT2D eigenvalue weighted by Gasteiger charge is 2.34.